The lowest BCUT2D eigenvalue weighted by Crippen LogP contribution is -2.51. The van der Waals surface area contributed by atoms with Crippen molar-refractivity contribution >= 4 is 17.4 Å². The molecule has 8 heteroatoms. The summed E-state index contributed by atoms with van der Waals surface area (Å²) < 4.78 is 20.9. The minimum Gasteiger partial charge on any atom is -0.497 e. The van der Waals surface area contributed by atoms with E-state index in [0.29, 0.717) is 34.1 Å². The predicted octanol–water partition coefficient (Wildman–Crippen LogP) is 3.73. The third kappa shape index (κ3) is 2.98. The number of halogens is 1. The van der Waals surface area contributed by atoms with E-state index in [1.165, 1.54) is 12.1 Å². The maximum Gasteiger partial charge on any atom is 0.300 e. The van der Waals surface area contributed by atoms with Gasteiger partial charge in [0.15, 0.2) is 11.5 Å². The molecular weight excluding hydrogens is 391 g/mol. The molecule has 1 saturated heterocycles. The van der Waals surface area contributed by atoms with E-state index < -0.39 is 11.2 Å². The Hall–Kier alpha value is -2.87. The smallest absolute Gasteiger partial charge is 0.300 e. The van der Waals surface area contributed by atoms with Crippen LogP contribution in [0.15, 0.2) is 47.3 Å². The number of nitrogens with zero attached hydrogens (tertiary/aromatic N) is 3. The van der Waals surface area contributed by atoms with Gasteiger partial charge in [-0.15, -0.1) is 0 Å². The van der Waals surface area contributed by atoms with Crippen LogP contribution < -0.4 is 15.6 Å². The molecule has 1 N–H and O–H groups in total. The SMILES string of the molecule is COc1ccc(-c2nn3c(nc2=O)-c2ccc(F)cc2N[C@]32CCCSC2)cc1. The van der Waals surface area contributed by atoms with Gasteiger partial charge in [-0.2, -0.15) is 21.8 Å². The van der Waals surface area contributed by atoms with Crippen LogP contribution in [0, 0.1) is 5.82 Å². The Morgan fingerprint density at radius 3 is 2.79 bits per heavy atom. The first-order valence-electron chi connectivity index (χ1n) is 9.42. The van der Waals surface area contributed by atoms with Gasteiger partial charge in [0.25, 0.3) is 5.56 Å². The van der Waals surface area contributed by atoms with E-state index in [1.54, 1.807) is 37.4 Å². The number of nitrogens with one attached hydrogen (secondary N) is 1. The second-order valence-corrected chi connectivity index (χ2v) is 8.34. The third-order valence-electron chi connectivity index (χ3n) is 5.39. The van der Waals surface area contributed by atoms with Gasteiger partial charge in [0.2, 0.25) is 0 Å². The van der Waals surface area contributed by atoms with Crippen molar-refractivity contribution in [3.63, 3.8) is 0 Å². The van der Waals surface area contributed by atoms with Gasteiger partial charge < -0.3 is 10.1 Å². The van der Waals surface area contributed by atoms with E-state index in [-0.39, 0.29) is 5.82 Å². The molecule has 6 nitrogen and oxygen atoms in total. The minimum absolute atomic E-state index is 0.290. The van der Waals surface area contributed by atoms with Crippen molar-refractivity contribution in [2.75, 3.05) is 23.9 Å². The van der Waals surface area contributed by atoms with Crippen LogP contribution in [0.4, 0.5) is 10.1 Å². The summed E-state index contributed by atoms with van der Waals surface area (Å²) in [5.41, 5.74) is 1.36. The van der Waals surface area contributed by atoms with Gasteiger partial charge in [-0.05, 0) is 61.1 Å². The average Bonchev–Trinajstić information content (AvgIpc) is 2.74. The van der Waals surface area contributed by atoms with E-state index in [1.807, 2.05) is 16.4 Å². The number of fused-ring (bicyclic) bond motifs is 4. The van der Waals surface area contributed by atoms with Gasteiger partial charge in [-0.3, -0.25) is 4.79 Å². The Kier molecular flexibility index (Phi) is 4.31. The van der Waals surface area contributed by atoms with Gasteiger partial charge in [0, 0.05) is 22.6 Å². The van der Waals surface area contributed by atoms with Crippen LogP contribution in [0.5, 0.6) is 5.75 Å². The number of methoxy groups -OCH3 is 1. The fraction of sp³-hybridized carbons (Fsp3) is 0.286. The van der Waals surface area contributed by atoms with Crippen molar-refractivity contribution < 1.29 is 9.13 Å². The van der Waals surface area contributed by atoms with Crippen LogP contribution in [0.1, 0.15) is 12.8 Å². The number of hydrogen-bond acceptors (Lipinski definition) is 6. The van der Waals surface area contributed by atoms with Crippen LogP contribution in [0.2, 0.25) is 0 Å². The van der Waals surface area contributed by atoms with E-state index in [4.69, 9.17) is 9.84 Å². The molecule has 1 fully saturated rings. The number of benzene rings is 2. The molecule has 0 bridgehead atoms. The summed E-state index contributed by atoms with van der Waals surface area (Å²) in [7, 11) is 1.60. The molecule has 0 aliphatic carbocycles. The Labute approximate surface area is 171 Å². The molecule has 148 valence electrons. The number of thioether (sulfide) groups is 1. The highest BCUT2D eigenvalue weighted by Gasteiger charge is 2.41. The van der Waals surface area contributed by atoms with Gasteiger partial charge >= 0.3 is 0 Å². The maximum atomic E-state index is 13.9. The lowest BCUT2D eigenvalue weighted by molar-refractivity contribution is 0.298. The number of anilines is 1. The zero-order valence-electron chi connectivity index (χ0n) is 15.8. The molecule has 0 unspecified atom stereocenters. The van der Waals surface area contributed by atoms with Gasteiger partial charge in [-0.1, -0.05) is 0 Å². The molecule has 0 radical (unpaired) electrons. The predicted molar refractivity (Wildman–Crippen MR) is 112 cm³/mol. The van der Waals surface area contributed by atoms with Crippen molar-refractivity contribution in [2.45, 2.75) is 18.5 Å². The standard InChI is InChI=1S/C21H19FN4O2S/c1-28-15-6-3-13(4-7-15)18-20(27)23-19-16-8-5-14(22)11-17(16)24-21(26(19)25-18)9-2-10-29-12-21/h3-8,11,24H,2,9-10,12H2,1H3/t21-/m1/s1. The van der Waals surface area contributed by atoms with E-state index >= 15 is 0 Å². The van der Waals surface area contributed by atoms with Crippen LogP contribution in [0.3, 0.4) is 0 Å². The largest absolute Gasteiger partial charge is 0.497 e. The first-order chi connectivity index (χ1) is 14.1. The molecular formula is C21H19FN4O2S. The summed E-state index contributed by atoms with van der Waals surface area (Å²) in [4.78, 5) is 17.3. The molecule has 1 spiro atoms. The normalized spacial score (nSPS) is 19.9. The Balaban J connectivity index is 1.73. The summed E-state index contributed by atoms with van der Waals surface area (Å²) in [6, 6.07) is 11.7. The summed E-state index contributed by atoms with van der Waals surface area (Å²) in [5, 5.41) is 8.27. The fourth-order valence-electron chi connectivity index (χ4n) is 3.95. The quantitative estimate of drug-likeness (QED) is 0.694. The van der Waals surface area contributed by atoms with Crippen molar-refractivity contribution in [2.24, 2.45) is 0 Å². The molecule has 0 saturated carbocycles. The lowest BCUT2D eigenvalue weighted by atomic mass is 9.99. The highest BCUT2D eigenvalue weighted by Crippen LogP contribution is 2.43. The molecule has 2 aliphatic heterocycles. The Bertz CT molecular complexity index is 1140. The van der Waals surface area contributed by atoms with Crippen molar-refractivity contribution in [1.29, 1.82) is 0 Å². The van der Waals surface area contributed by atoms with Gasteiger partial charge in [0.1, 0.15) is 17.2 Å². The maximum absolute atomic E-state index is 13.9. The monoisotopic (exact) mass is 410 g/mol. The molecule has 3 heterocycles. The van der Waals surface area contributed by atoms with Gasteiger partial charge in [0.05, 0.1) is 7.11 Å². The molecule has 2 aromatic carbocycles. The zero-order chi connectivity index (χ0) is 20.0. The first-order valence-corrected chi connectivity index (χ1v) is 10.6. The summed E-state index contributed by atoms with van der Waals surface area (Å²) >= 11 is 1.81. The zero-order valence-corrected chi connectivity index (χ0v) is 16.6. The summed E-state index contributed by atoms with van der Waals surface area (Å²) in [5.74, 6) is 2.68. The summed E-state index contributed by atoms with van der Waals surface area (Å²) in [6.45, 7) is 0. The van der Waals surface area contributed by atoms with E-state index in [0.717, 1.165) is 24.3 Å². The average molecular weight is 410 g/mol. The fourth-order valence-corrected chi connectivity index (χ4v) is 5.12. The first kappa shape index (κ1) is 18.2. The van der Waals surface area contributed by atoms with E-state index in [9.17, 15) is 9.18 Å². The van der Waals surface area contributed by atoms with Crippen LogP contribution >= 0.6 is 11.8 Å². The highest BCUT2D eigenvalue weighted by atomic mass is 32.2. The number of aromatic nitrogens is 3. The second-order valence-electron chi connectivity index (χ2n) is 7.23. The lowest BCUT2D eigenvalue weighted by Gasteiger charge is -2.43. The molecule has 1 atom stereocenters. The number of ether oxygens (including phenoxy) is 1. The van der Waals surface area contributed by atoms with Crippen LogP contribution in [0.25, 0.3) is 22.6 Å². The van der Waals surface area contributed by atoms with Crippen LogP contribution in [-0.4, -0.2) is 33.4 Å². The molecule has 3 aromatic rings. The molecule has 2 aliphatic rings. The topological polar surface area (TPSA) is 69.0 Å². The number of hydrogen-bond donors (Lipinski definition) is 1. The van der Waals surface area contributed by atoms with E-state index in [2.05, 4.69) is 10.3 Å². The molecule has 29 heavy (non-hydrogen) atoms. The second kappa shape index (κ2) is 6.88. The molecule has 0 amide bonds. The van der Waals surface area contributed by atoms with Crippen molar-refractivity contribution in [1.82, 2.24) is 14.8 Å². The molecule has 5 rings (SSSR count). The van der Waals surface area contributed by atoms with Crippen molar-refractivity contribution in [3.05, 3.63) is 58.6 Å². The number of rotatable bonds is 2. The molecule has 1 aromatic heterocycles. The third-order valence-corrected chi connectivity index (χ3v) is 6.65. The Morgan fingerprint density at radius 1 is 1.24 bits per heavy atom. The minimum atomic E-state index is -0.541. The Morgan fingerprint density at radius 2 is 2.07 bits per heavy atom. The summed E-state index contributed by atoms with van der Waals surface area (Å²) in [6.07, 6.45) is 1.82. The van der Waals surface area contributed by atoms with Gasteiger partial charge in [-0.25, -0.2) is 9.07 Å². The van der Waals surface area contributed by atoms with Crippen molar-refractivity contribution in [3.8, 4) is 28.4 Å². The highest BCUT2D eigenvalue weighted by molar-refractivity contribution is 7.99. The van der Waals surface area contributed by atoms with Crippen LogP contribution in [-0.2, 0) is 5.66 Å².